The first-order valence-corrected chi connectivity index (χ1v) is 20.9. The van der Waals surface area contributed by atoms with Crippen LogP contribution in [0.2, 0.25) is 0 Å². The van der Waals surface area contributed by atoms with Gasteiger partial charge in [0.25, 0.3) is 7.82 Å². The van der Waals surface area contributed by atoms with Crippen LogP contribution in [0.3, 0.4) is 0 Å². The Bertz CT molecular complexity index is 845. The van der Waals surface area contributed by atoms with Gasteiger partial charge < -0.3 is 27.9 Å². The van der Waals surface area contributed by atoms with Crippen molar-refractivity contribution in [1.29, 1.82) is 0 Å². The van der Waals surface area contributed by atoms with Gasteiger partial charge in [-0.1, -0.05) is 129 Å². The lowest BCUT2D eigenvalue weighted by molar-refractivity contribution is -0.870. The van der Waals surface area contributed by atoms with Crippen LogP contribution >= 0.6 is 7.82 Å². The molecule has 0 heterocycles. The zero-order valence-corrected chi connectivity index (χ0v) is 32.6. The third kappa shape index (κ3) is 34.6. The maximum absolute atomic E-state index is 12.5. The predicted octanol–water partition coefficient (Wildman–Crippen LogP) is 9.61. The topological polar surface area (TPSA) is 111 Å². The molecule has 9 nitrogen and oxygen atoms in total. The Morgan fingerprint density at radius 3 is 1.54 bits per heavy atom. The number of quaternary nitrogens is 1. The summed E-state index contributed by atoms with van der Waals surface area (Å²) in [7, 11) is 1.16. The Balaban J connectivity index is 4.39. The number of carbonyl (C=O) groups excluding carboxylic acids is 2. The molecule has 0 aliphatic heterocycles. The van der Waals surface area contributed by atoms with Crippen LogP contribution < -0.4 is 4.89 Å². The number of ether oxygens (including phenoxy) is 2. The second-order valence-electron chi connectivity index (χ2n) is 14.3. The fourth-order valence-electron chi connectivity index (χ4n) is 5.18. The minimum absolute atomic E-state index is 0.0295. The average Bonchev–Trinajstić information content (AvgIpc) is 3.02. The van der Waals surface area contributed by atoms with E-state index in [-0.39, 0.29) is 26.1 Å². The number of esters is 2. The summed E-state index contributed by atoms with van der Waals surface area (Å²) in [5, 5.41) is 0. The van der Waals surface area contributed by atoms with E-state index < -0.39 is 32.5 Å². The van der Waals surface area contributed by atoms with Crippen molar-refractivity contribution in [2.75, 3.05) is 47.5 Å². The van der Waals surface area contributed by atoms with Gasteiger partial charge in [0.15, 0.2) is 6.10 Å². The lowest BCUT2D eigenvalue weighted by Crippen LogP contribution is -2.37. The van der Waals surface area contributed by atoms with Crippen molar-refractivity contribution in [2.45, 2.75) is 174 Å². The Labute approximate surface area is 295 Å². The fraction of sp³-hybridized carbons (Fsp3) is 0.895. The van der Waals surface area contributed by atoms with E-state index in [0.29, 0.717) is 17.4 Å². The molecular weight excluding hydrogens is 629 g/mol. The van der Waals surface area contributed by atoms with Gasteiger partial charge in [0.2, 0.25) is 0 Å². The van der Waals surface area contributed by atoms with Crippen molar-refractivity contribution < 1.29 is 42.1 Å². The molecule has 0 spiro atoms. The Morgan fingerprint density at radius 2 is 1.06 bits per heavy atom. The van der Waals surface area contributed by atoms with Crippen molar-refractivity contribution in [1.82, 2.24) is 0 Å². The Kier molecular flexibility index (Phi) is 30.9. The van der Waals surface area contributed by atoms with E-state index >= 15 is 0 Å². The summed E-state index contributed by atoms with van der Waals surface area (Å²) >= 11 is 0. The molecule has 0 fully saturated rings. The number of phosphoric acid groups is 1. The highest BCUT2D eigenvalue weighted by atomic mass is 31.2. The quantitative estimate of drug-likeness (QED) is 0.0211. The minimum atomic E-state index is -4.61. The van der Waals surface area contributed by atoms with Crippen LogP contribution in [0.5, 0.6) is 0 Å². The van der Waals surface area contributed by atoms with Crippen LogP contribution in [0.25, 0.3) is 0 Å². The fourth-order valence-corrected chi connectivity index (χ4v) is 5.91. The number of allylic oxidation sites excluding steroid dienone is 2. The average molecular weight is 704 g/mol. The number of phosphoric ester groups is 1. The SMILES string of the molecule is CCCCCCCC/C=C\CCCCCCCC(=O)OC[C@H](COP(=O)([O-])OCC[N+](C)(C)C)OC(=O)CCCCCCCCCCC. The lowest BCUT2D eigenvalue weighted by atomic mass is 10.1. The van der Waals surface area contributed by atoms with Crippen LogP contribution in [-0.4, -0.2) is 70.0 Å². The van der Waals surface area contributed by atoms with Crippen molar-refractivity contribution in [3.05, 3.63) is 12.2 Å². The summed E-state index contributed by atoms with van der Waals surface area (Å²) in [6, 6.07) is 0. The Morgan fingerprint density at radius 1 is 0.625 bits per heavy atom. The van der Waals surface area contributed by atoms with Gasteiger partial charge in [0, 0.05) is 12.8 Å². The van der Waals surface area contributed by atoms with E-state index in [0.717, 1.165) is 57.8 Å². The molecule has 0 saturated carbocycles. The zero-order chi connectivity index (χ0) is 35.8. The first-order valence-electron chi connectivity index (χ1n) is 19.4. The highest BCUT2D eigenvalue weighted by molar-refractivity contribution is 7.45. The van der Waals surface area contributed by atoms with E-state index in [1.54, 1.807) is 0 Å². The van der Waals surface area contributed by atoms with E-state index in [4.69, 9.17) is 18.5 Å². The Hall–Kier alpha value is -1.25. The third-order valence-corrected chi connectivity index (χ3v) is 9.25. The van der Waals surface area contributed by atoms with Crippen LogP contribution in [0, 0.1) is 0 Å². The summed E-state index contributed by atoms with van der Waals surface area (Å²) in [5.74, 6) is -0.844. The normalized spacial score (nSPS) is 13.9. The van der Waals surface area contributed by atoms with Gasteiger partial charge in [0.05, 0.1) is 27.7 Å². The van der Waals surface area contributed by atoms with Gasteiger partial charge >= 0.3 is 11.9 Å². The molecule has 10 heteroatoms. The molecule has 2 atom stereocenters. The number of nitrogens with zero attached hydrogens (tertiary/aromatic N) is 1. The molecule has 0 rings (SSSR count). The maximum Gasteiger partial charge on any atom is 0.306 e. The van der Waals surface area contributed by atoms with Gasteiger partial charge in [-0.05, 0) is 38.5 Å². The van der Waals surface area contributed by atoms with Crippen LogP contribution in [0.1, 0.15) is 168 Å². The molecule has 0 amide bonds. The molecule has 0 aliphatic rings. The molecule has 48 heavy (non-hydrogen) atoms. The number of hydrogen-bond acceptors (Lipinski definition) is 8. The molecule has 284 valence electrons. The molecule has 0 aromatic carbocycles. The maximum atomic E-state index is 12.5. The van der Waals surface area contributed by atoms with Crippen LogP contribution in [-0.2, 0) is 32.7 Å². The highest BCUT2D eigenvalue weighted by Crippen LogP contribution is 2.38. The van der Waals surface area contributed by atoms with E-state index in [9.17, 15) is 19.0 Å². The van der Waals surface area contributed by atoms with Gasteiger partial charge in [-0.25, -0.2) is 0 Å². The number of carbonyl (C=O) groups is 2. The first-order chi connectivity index (χ1) is 23.0. The first kappa shape index (κ1) is 46.8. The van der Waals surface area contributed by atoms with Gasteiger partial charge in [-0.2, -0.15) is 0 Å². The van der Waals surface area contributed by atoms with E-state index in [1.807, 2.05) is 21.1 Å². The number of unbranched alkanes of at least 4 members (excludes halogenated alkanes) is 19. The summed E-state index contributed by atoms with van der Waals surface area (Å²) in [5.41, 5.74) is 0. The van der Waals surface area contributed by atoms with Gasteiger partial charge in [0.1, 0.15) is 19.8 Å². The standard InChI is InChI=1S/C38H74NO8P/c1-6-8-10-12-14-16-17-18-19-20-21-23-24-26-28-30-37(40)44-34-36(35-46-48(42,43)45-33-32-39(3,4)5)47-38(41)31-29-27-25-22-15-13-11-9-7-2/h18-19,36H,6-17,20-35H2,1-5H3/b19-18-/t36-/m1/s1. The lowest BCUT2D eigenvalue weighted by Gasteiger charge is -2.28. The predicted molar refractivity (Wildman–Crippen MR) is 195 cm³/mol. The molecule has 0 radical (unpaired) electrons. The zero-order valence-electron chi connectivity index (χ0n) is 31.7. The minimum Gasteiger partial charge on any atom is -0.756 e. The summed E-state index contributed by atoms with van der Waals surface area (Å²) in [6.45, 7) is 4.18. The smallest absolute Gasteiger partial charge is 0.306 e. The molecule has 1 unspecified atom stereocenters. The van der Waals surface area contributed by atoms with E-state index in [1.165, 1.54) is 77.0 Å². The van der Waals surface area contributed by atoms with Crippen molar-refractivity contribution >= 4 is 19.8 Å². The van der Waals surface area contributed by atoms with Gasteiger partial charge in [-0.3, -0.25) is 14.2 Å². The van der Waals surface area contributed by atoms with E-state index in [2.05, 4.69) is 26.0 Å². The highest BCUT2D eigenvalue weighted by Gasteiger charge is 2.21. The number of likely N-dealkylation sites (N-methyl/N-ethyl adjacent to an activating group) is 1. The molecule has 0 aromatic rings. The largest absolute Gasteiger partial charge is 0.756 e. The second kappa shape index (κ2) is 31.7. The van der Waals surface area contributed by atoms with Crippen molar-refractivity contribution in [2.24, 2.45) is 0 Å². The van der Waals surface area contributed by atoms with Gasteiger partial charge in [-0.15, -0.1) is 0 Å². The molecule has 0 N–H and O–H groups in total. The molecular formula is C38H74NO8P. The molecule has 0 saturated heterocycles. The second-order valence-corrected chi connectivity index (χ2v) is 15.7. The van der Waals surface area contributed by atoms with Crippen LogP contribution in [0.15, 0.2) is 12.2 Å². The molecule has 0 aromatic heterocycles. The van der Waals surface area contributed by atoms with Crippen molar-refractivity contribution in [3.63, 3.8) is 0 Å². The summed E-state index contributed by atoms with van der Waals surface area (Å²) < 4.78 is 33.7. The van der Waals surface area contributed by atoms with Crippen molar-refractivity contribution in [3.8, 4) is 0 Å². The van der Waals surface area contributed by atoms with Crippen LogP contribution in [0.4, 0.5) is 0 Å². The third-order valence-electron chi connectivity index (χ3n) is 8.29. The molecule has 0 bridgehead atoms. The summed E-state index contributed by atoms with van der Waals surface area (Å²) in [4.78, 5) is 37.2. The number of rotatable bonds is 35. The summed E-state index contributed by atoms with van der Waals surface area (Å²) in [6.07, 6.45) is 29.6. The molecule has 0 aliphatic carbocycles. The monoisotopic (exact) mass is 704 g/mol. The number of hydrogen-bond donors (Lipinski definition) is 0.